The van der Waals surface area contributed by atoms with Gasteiger partial charge in [0.05, 0.1) is 16.5 Å². The van der Waals surface area contributed by atoms with Crippen LogP contribution < -0.4 is 10.1 Å². The highest BCUT2D eigenvalue weighted by atomic mass is 35.5. The number of anilines is 1. The number of thioether (sulfide) groups is 1. The van der Waals surface area contributed by atoms with Gasteiger partial charge < -0.3 is 10.1 Å². The van der Waals surface area contributed by atoms with Crippen LogP contribution in [-0.4, -0.2) is 27.6 Å². The summed E-state index contributed by atoms with van der Waals surface area (Å²) in [5, 5.41) is 3.19. The minimum absolute atomic E-state index is 0.136. The molecule has 0 atom stereocenters. The molecule has 0 aliphatic carbocycles. The number of carbonyl (C=O) groups is 2. The number of benzene rings is 3. The fraction of sp³-hybridized carbons (Fsp3) is 0.148. The van der Waals surface area contributed by atoms with Gasteiger partial charge in [0.25, 0.3) is 11.8 Å². The van der Waals surface area contributed by atoms with Crippen molar-refractivity contribution in [1.29, 1.82) is 0 Å². The topological polar surface area (TPSA) is 58.6 Å². The van der Waals surface area contributed by atoms with Gasteiger partial charge in [-0.15, -0.1) is 0 Å². The zero-order valence-electron chi connectivity index (χ0n) is 19.2. The number of halogens is 1. The Hall–Kier alpha value is -3.13. The highest BCUT2D eigenvalue weighted by Crippen LogP contribution is 2.35. The second-order valence-corrected chi connectivity index (χ2v) is 10.2. The van der Waals surface area contributed by atoms with Crippen molar-refractivity contribution in [3.8, 4) is 5.75 Å². The maximum atomic E-state index is 12.9. The van der Waals surface area contributed by atoms with Crippen LogP contribution in [0, 0.1) is 13.8 Å². The molecule has 0 radical (unpaired) electrons. The van der Waals surface area contributed by atoms with Gasteiger partial charge in [-0.25, -0.2) is 0 Å². The smallest absolute Gasteiger partial charge is 0.266 e. The molecule has 3 aromatic carbocycles. The largest absolute Gasteiger partial charge is 0.482 e. The van der Waals surface area contributed by atoms with Gasteiger partial charge in [-0.05, 0) is 54.8 Å². The number of carbonyl (C=O) groups excluding carboxylic acids is 2. The van der Waals surface area contributed by atoms with Gasteiger partial charge in [-0.2, -0.15) is 0 Å². The summed E-state index contributed by atoms with van der Waals surface area (Å²) < 4.78 is 6.13. The Morgan fingerprint density at radius 1 is 1.11 bits per heavy atom. The Bertz CT molecular complexity index is 1330. The molecule has 3 aromatic rings. The molecule has 8 heteroatoms. The van der Waals surface area contributed by atoms with Gasteiger partial charge in [0.15, 0.2) is 6.61 Å². The van der Waals surface area contributed by atoms with Crippen molar-refractivity contribution in [3.63, 3.8) is 0 Å². The molecule has 1 aliphatic rings. The molecule has 0 saturated carbocycles. The van der Waals surface area contributed by atoms with Gasteiger partial charge in [-0.1, -0.05) is 89.7 Å². The summed E-state index contributed by atoms with van der Waals surface area (Å²) >= 11 is 13.1. The molecule has 1 fully saturated rings. The Morgan fingerprint density at radius 2 is 1.89 bits per heavy atom. The second-order valence-electron chi connectivity index (χ2n) is 8.10. The average Bonchev–Trinajstić information content (AvgIpc) is 3.08. The van der Waals surface area contributed by atoms with Gasteiger partial charge in [0.2, 0.25) is 0 Å². The number of rotatable bonds is 7. The van der Waals surface area contributed by atoms with E-state index in [9.17, 15) is 9.59 Å². The van der Waals surface area contributed by atoms with Crippen LogP contribution in [0.1, 0.15) is 22.3 Å². The lowest BCUT2D eigenvalue weighted by molar-refractivity contribution is -0.122. The van der Waals surface area contributed by atoms with Gasteiger partial charge in [0, 0.05) is 5.69 Å². The Balaban J connectivity index is 1.38. The minimum Gasteiger partial charge on any atom is -0.482 e. The molecule has 4 rings (SSSR count). The zero-order valence-corrected chi connectivity index (χ0v) is 21.6. The van der Waals surface area contributed by atoms with Crippen molar-refractivity contribution in [1.82, 2.24) is 4.90 Å². The Morgan fingerprint density at radius 3 is 2.60 bits per heavy atom. The van der Waals surface area contributed by atoms with Crippen molar-refractivity contribution < 1.29 is 14.3 Å². The number of nitrogens with zero attached hydrogens (tertiary/aromatic N) is 1. The number of nitrogens with one attached hydrogen (secondary N) is 1. The van der Waals surface area contributed by atoms with E-state index in [1.807, 2.05) is 62.4 Å². The van der Waals surface area contributed by atoms with E-state index in [2.05, 4.69) is 5.32 Å². The van der Waals surface area contributed by atoms with Crippen LogP contribution in [0.2, 0.25) is 5.02 Å². The molecular formula is C27H23ClN2O3S2. The van der Waals surface area contributed by atoms with E-state index in [0.717, 1.165) is 27.9 Å². The molecule has 0 aromatic heterocycles. The molecule has 5 nitrogen and oxygen atoms in total. The maximum Gasteiger partial charge on any atom is 0.266 e. The van der Waals surface area contributed by atoms with E-state index in [0.29, 0.717) is 26.5 Å². The molecule has 1 N–H and O–H groups in total. The van der Waals surface area contributed by atoms with Crippen molar-refractivity contribution in [2.45, 2.75) is 20.4 Å². The number of amides is 2. The summed E-state index contributed by atoms with van der Waals surface area (Å²) in [5.74, 6) is -0.0289. The molecule has 0 spiro atoms. The van der Waals surface area contributed by atoms with Crippen molar-refractivity contribution in [3.05, 3.63) is 98.9 Å². The standard InChI is InChI=1S/C27H23ClN2O3S2/c1-17-8-10-22(18(2)12-17)29-25(31)16-33-23-11-9-20(13-21(23)28)14-24-26(32)30(27(34)35-24)15-19-6-4-3-5-7-19/h3-14H,15-16H2,1-2H3,(H,29,31)/b24-14-. The molecule has 1 saturated heterocycles. The lowest BCUT2D eigenvalue weighted by Gasteiger charge is -2.14. The van der Waals surface area contributed by atoms with Gasteiger partial charge >= 0.3 is 0 Å². The maximum absolute atomic E-state index is 12.9. The lowest BCUT2D eigenvalue weighted by atomic mass is 10.1. The number of ether oxygens (including phenoxy) is 1. The van der Waals surface area contributed by atoms with E-state index in [4.69, 9.17) is 28.6 Å². The first-order valence-corrected chi connectivity index (χ1v) is 12.5. The quantitative estimate of drug-likeness (QED) is 0.288. The number of thiocarbonyl (C=S) groups is 1. The van der Waals surface area contributed by atoms with E-state index in [-0.39, 0.29) is 18.4 Å². The number of hydrogen-bond donors (Lipinski definition) is 1. The van der Waals surface area contributed by atoms with Crippen molar-refractivity contribution in [2.75, 3.05) is 11.9 Å². The molecule has 1 heterocycles. The van der Waals surface area contributed by atoms with E-state index in [1.165, 1.54) is 11.8 Å². The van der Waals surface area contributed by atoms with Gasteiger partial charge in [-0.3, -0.25) is 14.5 Å². The predicted molar refractivity (Wildman–Crippen MR) is 147 cm³/mol. The minimum atomic E-state index is -0.279. The van der Waals surface area contributed by atoms with Crippen molar-refractivity contribution >= 4 is 63.5 Å². The SMILES string of the molecule is Cc1ccc(NC(=O)COc2ccc(/C=C3\SC(=S)N(Cc4ccccc4)C3=O)cc2Cl)c(C)c1. The van der Waals surface area contributed by atoms with Crippen molar-refractivity contribution in [2.24, 2.45) is 0 Å². The first-order chi connectivity index (χ1) is 16.8. The first kappa shape index (κ1) is 25.0. The number of hydrogen-bond acceptors (Lipinski definition) is 5. The van der Waals surface area contributed by atoms with E-state index in [1.54, 1.807) is 29.2 Å². The second kappa shape index (κ2) is 11.1. The van der Waals surface area contributed by atoms with Gasteiger partial charge in [0.1, 0.15) is 10.1 Å². The highest BCUT2D eigenvalue weighted by molar-refractivity contribution is 8.26. The molecule has 0 bridgehead atoms. The third-order valence-electron chi connectivity index (χ3n) is 5.33. The molecule has 2 amide bonds. The van der Waals surface area contributed by atoms with Crippen LogP contribution in [-0.2, 0) is 16.1 Å². The highest BCUT2D eigenvalue weighted by Gasteiger charge is 2.32. The zero-order chi connectivity index (χ0) is 24.9. The lowest BCUT2D eigenvalue weighted by Crippen LogP contribution is -2.27. The monoisotopic (exact) mass is 522 g/mol. The van der Waals surface area contributed by atoms with Crippen LogP contribution in [0.3, 0.4) is 0 Å². The summed E-state index contributed by atoms with van der Waals surface area (Å²) in [6.45, 7) is 4.19. The fourth-order valence-electron chi connectivity index (χ4n) is 3.56. The average molecular weight is 523 g/mol. The summed E-state index contributed by atoms with van der Waals surface area (Å²) in [5.41, 5.74) is 4.60. The van der Waals surface area contributed by atoms with Crippen LogP contribution in [0.25, 0.3) is 6.08 Å². The summed E-state index contributed by atoms with van der Waals surface area (Å²) in [7, 11) is 0. The summed E-state index contributed by atoms with van der Waals surface area (Å²) in [4.78, 5) is 27.3. The van der Waals surface area contributed by atoms with E-state index >= 15 is 0 Å². The predicted octanol–water partition coefficient (Wildman–Crippen LogP) is 6.38. The summed E-state index contributed by atoms with van der Waals surface area (Å²) in [6, 6.07) is 20.7. The molecule has 35 heavy (non-hydrogen) atoms. The van der Waals surface area contributed by atoms with Crippen LogP contribution in [0.4, 0.5) is 5.69 Å². The third kappa shape index (κ3) is 6.31. The Kier molecular flexibility index (Phi) is 7.90. The van der Waals surface area contributed by atoms with Crippen LogP contribution >= 0.6 is 35.6 Å². The fourth-order valence-corrected chi connectivity index (χ4v) is 5.06. The molecule has 0 unspecified atom stereocenters. The molecular weight excluding hydrogens is 500 g/mol. The van der Waals surface area contributed by atoms with Crippen LogP contribution in [0.15, 0.2) is 71.6 Å². The summed E-state index contributed by atoms with van der Waals surface area (Å²) in [6.07, 6.45) is 1.76. The molecule has 1 aliphatic heterocycles. The third-order valence-corrected chi connectivity index (χ3v) is 7.00. The normalized spacial score (nSPS) is 14.5. The number of aryl methyl sites for hydroxylation is 2. The Labute approximate surface area is 219 Å². The van der Waals surface area contributed by atoms with E-state index < -0.39 is 0 Å². The van der Waals surface area contributed by atoms with Crippen LogP contribution in [0.5, 0.6) is 5.75 Å². The first-order valence-electron chi connectivity index (χ1n) is 10.9. The molecule has 178 valence electrons.